The summed E-state index contributed by atoms with van der Waals surface area (Å²) in [4.78, 5) is 6.67. The number of nitrogens with zero attached hydrogens (tertiary/aromatic N) is 2. The number of hydrogen-bond acceptors (Lipinski definition) is 5. The van der Waals surface area contributed by atoms with Gasteiger partial charge in [0.15, 0.2) is 5.96 Å². The van der Waals surface area contributed by atoms with Gasteiger partial charge < -0.3 is 24.8 Å². The van der Waals surface area contributed by atoms with Crippen molar-refractivity contribution in [3.63, 3.8) is 0 Å². The molecule has 0 radical (unpaired) electrons. The molecule has 2 N–H and O–H groups in total. The van der Waals surface area contributed by atoms with E-state index in [9.17, 15) is 0 Å². The first-order valence-electron chi connectivity index (χ1n) is 8.77. The van der Waals surface area contributed by atoms with Crippen LogP contribution in [0.2, 0.25) is 0 Å². The molecular formula is C18H31IN4O3. The summed E-state index contributed by atoms with van der Waals surface area (Å²) in [5, 5.41) is 6.69. The fraction of sp³-hybridized carbons (Fsp3) is 0.611. The van der Waals surface area contributed by atoms with Gasteiger partial charge in [-0.3, -0.25) is 9.89 Å². The van der Waals surface area contributed by atoms with Gasteiger partial charge in [-0.25, -0.2) is 0 Å². The van der Waals surface area contributed by atoms with E-state index in [2.05, 4.69) is 26.6 Å². The first kappa shape index (κ1) is 22.9. The van der Waals surface area contributed by atoms with Gasteiger partial charge in [0.25, 0.3) is 0 Å². The van der Waals surface area contributed by atoms with Crippen molar-refractivity contribution in [2.24, 2.45) is 4.99 Å². The number of hydrogen-bond donors (Lipinski definition) is 2. The van der Waals surface area contributed by atoms with Crippen LogP contribution >= 0.6 is 24.0 Å². The number of guanidine groups is 1. The molecule has 0 amide bonds. The molecule has 1 heterocycles. The summed E-state index contributed by atoms with van der Waals surface area (Å²) in [5.41, 5.74) is 1.14. The van der Waals surface area contributed by atoms with Gasteiger partial charge in [-0.05, 0) is 17.7 Å². The van der Waals surface area contributed by atoms with Crippen molar-refractivity contribution in [1.82, 2.24) is 15.5 Å². The van der Waals surface area contributed by atoms with Crippen LogP contribution in [-0.4, -0.2) is 77.6 Å². The minimum Gasteiger partial charge on any atom is -0.491 e. The number of benzene rings is 1. The number of nitrogens with one attached hydrogen (secondary N) is 2. The third-order valence-electron chi connectivity index (χ3n) is 3.96. The zero-order chi connectivity index (χ0) is 17.7. The quantitative estimate of drug-likeness (QED) is 0.242. The summed E-state index contributed by atoms with van der Waals surface area (Å²) in [6, 6.07) is 8.04. The molecule has 26 heavy (non-hydrogen) atoms. The summed E-state index contributed by atoms with van der Waals surface area (Å²) in [6.45, 7) is 7.35. The molecule has 7 nitrogen and oxygen atoms in total. The maximum atomic E-state index is 5.64. The number of morpholine rings is 1. The predicted molar refractivity (Wildman–Crippen MR) is 115 cm³/mol. The van der Waals surface area contributed by atoms with Crippen LogP contribution in [0.15, 0.2) is 29.3 Å². The molecule has 1 aromatic rings. The van der Waals surface area contributed by atoms with Crippen LogP contribution in [0, 0.1) is 0 Å². The highest BCUT2D eigenvalue weighted by molar-refractivity contribution is 14.0. The van der Waals surface area contributed by atoms with Crippen LogP contribution in [0.4, 0.5) is 0 Å². The van der Waals surface area contributed by atoms with Gasteiger partial charge in [-0.2, -0.15) is 0 Å². The first-order valence-corrected chi connectivity index (χ1v) is 8.77. The van der Waals surface area contributed by atoms with Crippen LogP contribution < -0.4 is 15.4 Å². The third kappa shape index (κ3) is 9.02. The molecule has 0 spiro atoms. The van der Waals surface area contributed by atoms with E-state index < -0.39 is 0 Å². The molecule has 8 heteroatoms. The molecule has 1 aliphatic rings. The summed E-state index contributed by atoms with van der Waals surface area (Å²) in [6.07, 6.45) is 0. The van der Waals surface area contributed by atoms with Gasteiger partial charge >= 0.3 is 0 Å². The molecule has 0 atom stereocenters. The van der Waals surface area contributed by atoms with Crippen LogP contribution in [0.1, 0.15) is 5.56 Å². The van der Waals surface area contributed by atoms with E-state index in [1.807, 2.05) is 18.2 Å². The summed E-state index contributed by atoms with van der Waals surface area (Å²) < 4.78 is 16.0. The first-order chi connectivity index (χ1) is 12.3. The number of rotatable bonds is 9. The SMILES string of the molecule is CN=C(NCCN1CCOCC1)NCc1cccc(OCCOC)c1.I. The van der Waals surface area contributed by atoms with Crippen molar-refractivity contribution in [3.05, 3.63) is 29.8 Å². The van der Waals surface area contributed by atoms with Gasteiger partial charge in [0.2, 0.25) is 0 Å². The molecule has 1 fully saturated rings. The lowest BCUT2D eigenvalue weighted by Crippen LogP contribution is -2.44. The lowest BCUT2D eigenvalue weighted by Gasteiger charge is -2.26. The zero-order valence-electron chi connectivity index (χ0n) is 15.7. The van der Waals surface area contributed by atoms with Gasteiger partial charge in [0.1, 0.15) is 12.4 Å². The number of methoxy groups -OCH3 is 1. The van der Waals surface area contributed by atoms with E-state index in [-0.39, 0.29) is 24.0 Å². The number of aliphatic imine (C=N–C) groups is 1. The second kappa shape index (κ2) is 14.0. The Morgan fingerprint density at radius 1 is 1.23 bits per heavy atom. The molecule has 2 rings (SSSR count). The second-order valence-corrected chi connectivity index (χ2v) is 5.80. The van der Waals surface area contributed by atoms with Crippen LogP contribution in [0.25, 0.3) is 0 Å². The van der Waals surface area contributed by atoms with Crippen LogP contribution in [0.5, 0.6) is 5.75 Å². The molecule has 0 unspecified atom stereocenters. The topological polar surface area (TPSA) is 67.4 Å². The summed E-state index contributed by atoms with van der Waals surface area (Å²) >= 11 is 0. The minimum atomic E-state index is 0. The second-order valence-electron chi connectivity index (χ2n) is 5.80. The van der Waals surface area contributed by atoms with Gasteiger partial charge in [-0.1, -0.05) is 12.1 Å². The number of ether oxygens (including phenoxy) is 3. The zero-order valence-corrected chi connectivity index (χ0v) is 18.0. The highest BCUT2D eigenvalue weighted by atomic mass is 127. The Morgan fingerprint density at radius 3 is 2.77 bits per heavy atom. The summed E-state index contributed by atoms with van der Waals surface area (Å²) in [7, 11) is 3.45. The standard InChI is InChI=1S/C18H30N4O3.HI/c1-19-18(20-6-7-22-8-10-24-11-9-22)21-15-16-4-3-5-17(14-16)25-13-12-23-2;/h3-5,14H,6-13,15H2,1-2H3,(H2,19,20,21);1H. The van der Waals surface area contributed by atoms with E-state index in [0.29, 0.717) is 19.8 Å². The Labute approximate surface area is 173 Å². The molecule has 1 saturated heterocycles. The average molecular weight is 478 g/mol. The van der Waals surface area contributed by atoms with Gasteiger partial charge in [0.05, 0.1) is 19.8 Å². The van der Waals surface area contributed by atoms with Crippen molar-refractivity contribution in [1.29, 1.82) is 0 Å². The smallest absolute Gasteiger partial charge is 0.191 e. The number of halogens is 1. The van der Waals surface area contributed by atoms with E-state index in [4.69, 9.17) is 14.2 Å². The van der Waals surface area contributed by atoms with Crippen LogP contribution in [-0.2, 0) is 16.0 Å². The fourth-order valence-corrected chi connectivity index (χ4v) is 2.55. The fourth-order valence-electron chi connectivity index (χ4n) is 2.55. The molecule has 1 aromatic carbocycles. The van der Waals surface area contributed by atoms with Gasteiger partial charge in [0, 0.05) is 46.9 Å². The molecule has 148 valence electrons. The normalized spacial score (nSPS) is 15.2. The maximum Gasteiger partial charge on any atom is 0.191 e. The minimum absolute atomic E-state index is 0. The highest BCUT2D eigenvalue weighted by Gasteiger charge is 2.09. The Hall–Kier alpha value is -1.10. The van der Waals surface area contributed by atoms with Gasteiger partial charge in [-0.15, -0.1) is 24.0 Å². The van der Waals surface area contributed by atoms with E-state index in [0.717, 1.165) is 56.7 Å². The van der Waals surface area contributed by atoms with Crippen molar-refractivity contribution in [2.75, 3.05) is 66.8 Å². The Bertz CT molecular complexity index is 525. The monoisotopic (exact) mass is 478 g/mol. The van der Waals surface area contributed by atoms with Crippen molar-refractivity contribution in [2.45, 2.75) is 6.54 Å². The Kier molecular flexibility index (Phi) is 12.4. The van der Waals surface area contributed by atoms with E-state index in [1.165, 1.54) is 0 Å². The van der Waals surface area contributed by atoms with E-state index in [1.54, 1.807) is 14.2 Å². The highest BCUT2D eigenvalue weighted by Crippen LogP contribution is 2.13. The summed E-state index contributed by atoms with van der Waals surface area (Å²) in [5.74, 6) is 1.66. The van der Waals surface area contributed by atoms with Crippen molar-refractivity contribution in [3.8, 4) is 5.75 Å². The molecule has 1 aliphatic heterocycles. The molecule has 0 aliphatic carbocycles. The Morgan fingerprint density at radius 2 is 2.04 bits per heavy atom. The lowest BCUT2D eigenvalue weighted by molar-refractivity contribution is 0.0389. The van der Waals surface area contributed by atoms with Crippen LogP contribution in [0.3, 0.4) is 0 Å². The third-order valence-corrected chi connectivity index (χ3v) is 3.96. The Balaban J connectivity index is 0.00000338. The molecule has 0 bridgehead atoms. The average Bonchev–Trinajstić information content (AvgIpc) is 2.66. The van der Waals surface area contributed by atoms with Crippen molar-refractivity contribution >= 4 is 29.9 Å². The molecular weight excluding hydrogens is 447 g/mol. The largest absolute Gasteiger partial charge is 0.491 e. The predicted octanol–water partition coefficient (Wildman–Crippen LogP) is 1.33. The maximum absolute atomic E-state index is 5.64. The lowest BCUT2D eigenvalue weighted by atomic mass is 10.2. The molecule has 0 aromatic heterocycles. The van der Waals surface area contributed by atoms with E-state index >= 15 is 0 Å². The van der Waals surface area contributed by atoms with Crippen molar-refractivity contribution < 1.29 is 14.2 Å². The molecule has 0 saturated carbocycles.